The molecule has 0 bridgehead atoms. The first-order chi connectivity index (χ1) is 10.2. The average Bonchev–Trinajstić information content (AvgIpc) is 2.96. The van der Waals surface area contributed by atoms with Crippen molar-refractivity contribution in [3.8, 4) is 0 Å². The van der Waals surface area contributed by atoms with Crippen molar-refractivity contribution in [2.24, 2.45) is 5.73 Å². The van der Waals surface area contributed by atoms with Crippen LogP contribution < -0.4 is 5.73 Å². The summed E-state index contributed by atoms with van der Waals surface area (Å²) < 4.78 is 1.60. The van der Waals surface area contributed by atoms with Crippen molar-refractivity contribution in [2.45, 2.75) is 26.4 Å². The van der Waals surface area contributed by atoms with Crippen molar-refractivity contribution < 1.29 is 4.79 Å². The minimum absolute atomic E-state index is 0.0935. The summed E-state index contributed by atoms with van der Waals surface area (Å²) in [6.07, 6.45) is 2.55. The second-order valence-electron chi connectivity index (χ2n) is 4.87. The molecule has 0 aliphatic carbocycles. The molecular formula is C15H21N5O. The smallest absolute Gasteiger partial charge is 0.276 e. The molecular weight excluding hydrogens is 266 g/mol. The van der Waals surface area contributed by atoms with Crippen molar-refractivity contribution in [3.05, 3.63) is 47.8 Å². The molecule has 0 unspecified atom stereocenters. The second-order valence-corrected chi connectivity index (χ2v) is 4.87. The number of hydrogen-bond donors (Lipinski definition) is 1. The van der Waals surface area contributed by atoms with E-state index < -0.39 is 0 Å². The molecule has 21 heavy (non-hydrogen) atoms. The fraction of sp³-hybridized carbons (Fsp3) is 0.400. The standard InChI is InChI=1S/C15H21N5O/c1-2-9-19(11-13-6-4-3-5-7-13)15(21)14-12-20(10-8-16)18-17-14/h3-7,12H,2,8-11,16H2,1H3. The minimum Gasteiger partial charge on any atom is -0.333 e. The summed E-state index contributed by atoms with van der Waals surface area (Å²) in [5.41, 5.74) is 6.95. The second kappa shape index (κ2) is 7.54. The van der Waals surface area contributed by atoms with Crippen LogP contribution in [0.5, 0.6) is 0 Å². The Morgan fingerprint density at radius 1 is 1.33 bits per heavy atom. The fourth-order valence-corrected chi connectivity index (χ4v) is 2.13. The van der Waals surface area contributed by atoms with Gasteiger partial charge in [-0.15, -0.1) is 5.10 Å². The van der Waals surface area contributed by atoms with Gasteiger partial charge in [-0.1, -0.05) is 42.5 Å². The van der Waals surface area contributed by atoms with Crippen LogP contribution in [0.3, 0.4) is 0 Å². The maximum Gasteiger partial charge on any atom is 0.276 e. The molecule has 0 atom stereocenters. The summed E-state index contributed by atoms with van der Waals surface area (Å²) in [4.78, 5) is 14.3. The molecule has 0 spiro atoms. The van der Waals surface area contributed by atoms with E-state index in [0.29, 0.717) is 31.9 Å². The Morgan fingerprint density at radius 2 is 2.10 bits per heavy atom. The van der Waals surface area contributed by atoms with Gasteiger partial charge < -0.3 is 10.6 Å². The van der Waals surface area contributed by atoms with E-state index in [2.05, 4.69) is 17.2 Å². The lowest BCUT2D eigenvalue weighted by atomic mass is 10.2. The highest BCUT2D eigenvalue weighted by Crippen LogP contribution is 2.09. The largest absolute Gasteiger partial charge is 0.333 e. The molecule has 0 aliphatic rings. The molecule has 112 valence electrons. The molecule has 6 heteroatoms. The average molecular weight is 287 g/mol. The number of carbonyl (C=O) groups is 1. The molecule has 1 aromatic heterocycles. The van der Waals surface area contributed by atoms with Gasteiger partial charge in [0.2, 0.25) is 0 Å². The van der Waals surface area contributed by atoms with Crippen LogP contribution in [0.25, 0.3) is 0 Å². The number of nitrogens with zero attached hydrogens (tertiary/aromatic N) is 4. The monoisotopic (exact) mass is 287 g/mol. The van der Waals surface area contributed by atoms with Crippen LogP contribution >= 0.6 is 0 Å². The van der Waals surface area contributed by atoms with Crippen molar-refractivity contribution in [1.29, 1.82) is 0 Å². The van der Waals surface area contributed by atoms with Crippen LogP contribution in [-0.2, 0) is 13.1 Å². The Kier molecular flexibility index (Phi) is 5.45. The normalized spacial score (nSPS) is 10.6. The van der Waals surface area contributed by atoms with E-state index in [1.54, 1.807) is 15.8 Å². The van der Waals surface area contributed by atoms with Crippen molar-refractivity contribution in [3.63, 3.8) is 0 Å². The first kappa shape index (κ1) is 15.2. The molecule has 2 rings (SSSR count). The molecule has 0 saturated carbocycles. The Balaban J connectivity index is 2.10. The zero-order chi connectivity index (χ0) is 15.1. The van der Waals surface area contributed by atoms with E-state index >= 15 is 0 Å². The highest BCUT2D eigenvalue weighted by Gasteiger charge is 2.18. The highest BCUT2D eigenvalue weighted by molar-refractivity contribution is 5.91. The molecule has 1 amide bonds. The van der Waals surface area contributed by atoms with E-state index in [4.69, 9.17) is 5.73 Å². The first-order valence-electron chi connectivity index (χ1n) is 7.18. The predicted octanol–water partition coefficient (Wildman–Crippen LogP) is 1.29. The Morgan fingerprint density at radius 3 is 2.76 bits per heavy atom. The van der Waals surface area contributed by atoms with Crippen LogP contribution in [0.4, 0.5) is 0 Å². The number of rotatable bonds is 7. The Labute approximate surface area is 124 Å². The molecule has 2 aromatic rings. The van der Waals surface area contributed by atoms with Crippen LogP contribution in [-0.4, -0.2) is 38.9 Å². The molecule has 6 nitrogen and oxygen atoms in total. The van der Waals surface area contributed by atoms with Crippen LogP contribution in [0.2, 0.25) is 0 Å². The summed E-state index contributed by atoms with van der Waals surface area (Å²) in [6, 6.07) is 9.94. The molecule has 2 N–H and O–H groups in total. The van der Waals surface area contributed by atoms with Gasteiger partial charge in [-0.05, 0) is 12.0 Å². The van der Waals surface area contributed by atoms with Crippen LogP contribution in [0, 0.1) is 0 Å². The summed E-state index contributed by atoms with van der Waals surface area (Å²) in [5.74, 6) is -0.0935. The van der Waals surface area contributed by atoms with Crippen molar-refractivity contribution in [1.82, 2.24) is 19.9 Å². The highest BCUT2D eigenvalue weighted by atomic mass is 16.2. The molecule has 1 heterocycles. The lowest BCUT2D eigenvalue weighted by Crippen LogP contribution is -2.31. The number of aromatic nitrogens is 3. The number of hydrogen-bond acceptors (Lipinski definition) is 4. The van der Waals surface area contributed by atoms with Gasteiger partial charge in [-0.25, -0.2) is 0 Å². The van der Waals surface area contributed by atoms with Gasteiger partial charge in [-0.2, -0.15) is 0 Å². The van der Waals surface area contributed by atoms with E-state index in [-0.39, 0.29) is 5.91 Å². The van der Waals surface area contributed by atoms with Crippen molar-refractivity contribution >= 4 is 5.91 Å². The van der Waals surface area contributed by atoms with Gasteiger partial charge in [0.05, 0.1) is 12.7 Å². The third-order valence-corrected chi connectivity index (χ3v) is 3.11. The topological polar surface area (TPSA) is 77.0 Å². The zero-order valence-corrected chi connectivity index (χ0v) is 12.3. The summed E-state index contributed by atoms with van der Waals surface area (Å²) in [6.45, 7) is 4.36. The molecule has 1 aromatic carbocycles. The maximum absolute atomic E-state index is 12.5. The predicted molar refractivity (Wildman–Crippen MR) is 80.5 cm³/mol. The number of nitrogens with two attached hydrogens (primary N) is 1. The molecule has 0 saturated heterocycles. The van der Waals surface area contributed by atoms with Gasteiger partial charge in [0.1, 0.15) is 0 Å². The maximum atomic E-state index is 12.5. The first-order valence-corrected chi connectivity index (χ1v) is 7.18. The summed E-state index contributed by atoms with van der Waals surface area (Å²) in [7, 11) is 0. The van der Waals surface area contributed by atoms with E-state index in [1.165, 1.54) is 0 Å². The van der Waals surface area contributed by atoms with Gasteiger partial charge in [0.15, 0.2) is 5.69 Å². The zero-order valence-electron chi connectivity index (χ0n) is 12.3. The lowest BCUT2D eigenvalue weighted by molar-refractivity contribution is 0.0737. The Hall–Kier alpha value is -2.21. The van der Waals surface area contributed by atoms with E-state index in [0.717, 1.165) is 12.0 Å². The lowest BCUT2D eigenvalue weighted by Gasteiger charge is -2.21. The Bertz CT molecular complexity index is 566. The minimum atomic E-state index is -0.0935. The number of carbonyl (C=O) groups excluding carboxylic acids is 1. The van der Waals surface area contributed by atoms with E-state index in [9.17, 15) is 4.79 Å². The third kappa shape index (κ3) is 4.13. The quantitative estimate of drug-likeness (QED) is 0.832. The van der Waals surface area contributed by atoms with Gasteiger partial charge in [0, 0.05) is 19.6 Å². The van der Waals surface area contributed by atoms with Crippen molar-refractivity contribution in [2.75, 3.05) is 13.1 Å². The number of benzene rings is 1. The molecule has 0 aliphatic heterocycles. The molecule has 0 radical (unpaired) electrons. The number of amides is 1. The van der Waals surface area contributed by atoms with Gasteiger partial charge >= 0.3 is 0 Å². The third-order valence-electron chi connectivity index (χ3n) is 3.11. The van der Waals surface area contributed by atoms with Gasteiger partial charge in [0.25, 0.3) is 5.91 Å². The van der Waals surface area contributed by atoms with Crippen LogP contribution in [0.15, 0.2) is 36.5 Å². The van der Waals surface area contributed by atoms with Gasteiger partial charge in [-0.3, -0.25) is 9.48 Å². The van der Waals surface area contributed by atoms with Crippen LogP contribution in [0.1, 0.15) is 29.4 Å². The fourth-order valence-electron chi connectivity index (χ4n) is 2.13. The SMILES string of the molecule is CCCN(Cc1ccccc1)C(=O)c1cn(CCN)nn1. The summed E-state index contributed by atoms with van der Waals surface area (Å²) >= 11 is 0. The molecule has 0 fully saturated rings. The van der Waals surface area contributed by atoms with E-state index in [1.807, 2.05) is 30.3 Å². The summed E-state index contributed by atoms with van der Waals surface area (Å²) in [5, 5.41) is 7.86.